The summed E-state index contributed by atoms with van der Waals surface area (Å²) in [6.45, 7) is 5.85. The summed E-state index contributed by atoms with van der Waals surface area (Å²) in [5.74, 6) is -0.193. The summed E-state index contributed by atoms with van der Waals surface area (Å²) < 4.78 is 22.9. The average molecular weight is 417 g/mol. The summed E-state index contributed by atoms with van der Waals surface area (Å²) in [7, 11) is -3.86. The number of rotatable bonds is 5. The van der Waals surface area contributed by atoms with Gasteiger partial charge in [0.1, 0.15) is 0 Å². The standard InChI is InChI=1S/C20H20N2O4S2/c1-4-27-18-17(14-6-5-12(2)13(3)11-14)19(23)22(20(18)24)15-7-9-16(10-8-15)28(21,25)26/h5-11H,4H2,1-3H3,(H2,21,25,26). The number of nitrogens with zero attached hydrogens (tertiary/aromatic N) is 1. The predicted octanol–water partition coefficient (Wildman–Crippen LogP) is 2.99. The second-order valence-electron chi connectivity index (χ2n) is 6.42. The SMILES string of the molecule is CCSC1=C(c2ccc(C)c(C)c2)C(=O)N(c2ccc(S(N)(=O)=O)cc2)C1=O. The fraction of sp³-hybridized carbons (Fsp3) is 0.200. The number of anilines is 1. The van der Waals surface area contributed by atoms with Crippen molar-refractivity contribution >= 4 is 44.9 Å². The van der Waals surface area contributed by atoms with E-state index in [4.69, 9.17) is 5.14 Å². The molecule has 1 aliphatic rings. The number of carbonyl (C=O) groups excluding carboxylic acids is 2. The highest BCUT2D eigenvalue weighted by Gasteiger charge is 2.40. The van der Waals surface area contributed by atoms with Gasteiger partial charge in [0.2, 0.25) is 10.0 Å². The number of carbonyl (C=O) groups is 2. The largest absolute Gasteiger partial charge is 0.272 e. The molecule has 2 N–H and O–H groups in total. The zero-order valence-corrected chi connectivity index (χ0v) is 17.4. The van der Waals surface area contributed by atoms with Crippen LogP contribution in [-0.2, 0) is 19.6 Å². The van der Waals surface area contributed by atoms with Crippen molar-refractivity contribution in [1.29, 1.82) is 0 Å². The van der Waals surface area contributed by atoms with E-state index in [1.54, 1.807) is 0 Å². The van der Waals surface area contributed by atoms with E-state index in [1.807, 2.05) is 39.0 Å². The number of sulfonamides is 1. The molecular formula is C20H20N2O4S2. The van der Waals surface area contributed by atoms with Crippen molar-refractivity contribution in [3.63, 3.8) is 0 Å². The predicted molar refractivity (Wildman–Crippen MR) is 111 cm³/mol. The summed E-state index contributed by atoms with van der Waals surface area (Å²) in [5, 5.41) is 5.11. The topological polar surface area (TPSA) is 97.5 Å². The fourth-order valence-electron chi connectivity index (χ4n) is 2.96. The van der Waals surface area contributed by atoms with Gasteiger partial charge in [0, 0.05) is 0 Å². The molecular weight excluding hydrogens is 396 g/mol. The number of aryl methyl sites for hydroxylation is 2. The molecule has 1 heterocycles. The smallest absolute Gasteiger partial charge is 0.268 e. The van der Waals surface area contributed by atoms with Gasteiger partial charge < -0.3 is 0 Å². The molecule has 0 spiro atoms. The molecule has 3 rings (SSSR count). The van der Waals surface area contributed by atoms with Crippen LogP contribution < -0.4 is 10.0 Å². The van der Waals surface area contributed by atoms with Gasteiger partial charge in [-0.25, -0.2) is 18.5 Å². The summed E-state index contributed by atoms with van der Waals surface area (Å²) in [6, 6.07) is 11.1. The van der Waals surface area contributed by atoms with Crippen LogP contribution in [0.5, 0.6) is 0 Å². The van der Waals surface area contributed by atoms with Crippen LogP contribution in [0.25, 0.3) is 5.57 Å². The first kappa shape index (κ1) is 20.3. The average Bonchev–Trinajstić information content (AvgIpc) is 2.87. The lowest BCUT2D eigenvalue weighted by Gasteiger charge is -2.15. The van der Waals surface area contributed by atoms with E-state index < -0.39 is 21.8 Å². The maximum Gasteiger partial charge on any atom is 0.272 e. The molecule has 0 fully saturated rings. The highest BCUT2D eigenvalue weighted by molar-refractivity contribution is 8.04. The van der Waals surface area contributed by atoms with Gasteiger partial charge in [-0.3, -0.25) is 9.59 Å². The summed E-state index contributed by atoms with van der Waals surface area (Å²) >= 11 is 1.32. The van der Waals surface area contributed by atoms with Crippen LogP contribution in [0.1, 0.15) is 23.6 Å². The van der Waals surface area contributed by atoms with Crippen LogP contribution in [0, 0.1) is 13.8 Å². The van der Waals surface area contributed by atoms with Gasteiger partial charge >= 0.3 is 0 Å². The number of hydrogen-bond acceptors (Lipinski definition) is 5. The lowest BCUT2D eigenvalue weighted by molar-refractivity contribution is -0.119. The third-order valence-electron chi connectivity index (χ3n) is 4.55. The van der Waals surface area contributed by atoms with Crippen LogP contribution in [0.15, 0.2) is 52.3 Å². The third kappa shape index (κ3) is 3.63. The molecule has 0 atom stereocenters. The van der Waals surface area contributed by atoms with Gasteiger partial charge in [-0.15, -0.1) is 11.8 Å². The number of primary sulfonamides is 1. The first-order chi connectivity index (χ1) is 13.1. The fourth-order valence-corrected chi connectivity index (χ4v) is 4.33. The van der Waals surface area contributed by atoms with Crippen LogP contribution in [0.3, 0.4) is 0 Å². The Hall–Kier alpha value is -2.42. The molecule has 2 amide bonds. The molecule has 28 heavy (non-hydrogen) atoms. The lowest BCUT2D eigenvalue weighted by Crippen LogP contribution is -2.31. The molecule has 2 aromatic carbocycles. The Morgan fingerprint density at radius 3 is 2.14 bits per heavy atom. The maximum atomic E-state index is 13.2. The van der Waals surface area contributed by atoms with Crippen molar-refractivity contribution in [2.24, 2.45) is 5.14 Å². The van der Waals surface area contributed by atoms with Gasteiger partial charge in [-0.05, 0) is 60.6 Å². The van der Waals surface area contributed by atoms with E-state index in [0.717, 1.165) is 16.0 Å². The number of amides is 2. The second-order valence-corrected chi connectivity index (χ2v) is 9.26. The molecule has 0 saturated heterocycles. The molecule has 0 aliphatic carbocycles. The van der Waals surface area contributed by atoms with Crippen LogP contribution in [0.4, 0.5) is 5.69 Å². The first-order valence-corrected chi connectivity index (χ1v) is 11.1. The normalized spacial score (nSPS) is 14.9. The highest BCUT2D eigenvalue weighted by atomic mass is 32.2. The van der Waals surface area contributed by atoms with Crippen LogP contribution in [-0.4, -0.2) is 26.0 Å². The molecule has 2 aromatic rings. The molecule has 0 radical (unpaired) electrons. The Kier molecular flexibility index (Phi) is 5.47. The number of imide groups is 1. The third-order valence-corrected chi connectivity index (χ3v) is 6.43. The Morgan fingerprint density at radius 1 is 0.964 bits per heavy atom. The van der Waals surface area contributed by atoms with Crippen molar-refractivity contribution in [2.75, 3.05) is 10.7 Å². The zero-order valence-electron chi connectivity index (χ0n) is 15.7. The Labute approximate surface area is 168 Å². The second kappa shape index (κ2) is 7.54. The molecule has 0 bridgehead atoms. The minimum atomic E-state index is -3.86. The van der Waals surface area contributed by atoms with Crippen molar-refractivity contribution in [1.82, 2.24) is 0 Å². The Morgan fingerprint density at radius 2 is 1.61 bits per heavy atom. The van der Waals surface area contributed by atoms with E-state index in [0.29, 0.717) is 27.5 Å². The van der Waals surface area contributed by atoms with E-state index in [-0.39, 0.29) is 4.90 Å². The van der Waals surface area contributed by atoms with Crippen molar-refractivity contribution in [2.45, 2.75) is 25.7 Å². The van der Waals surface area contributed by atoms with Crippen LogP contribution in [0.2, 0.25) is 0 Å². The zero-order chi connectivity index (χ0) is 20.6. The molecule has 0 saturated carbocycles. The summed E-state index contributed by atoms with van der Waals surface area (Å²) in [4.78, 5) is 27.6. The van der Waals surface area contributed by atoms with Gasteiger partial charge in [0.05, 0.1) is 21.1 Å². The maximum absolute atomic E-state index is 13.2. The molecule has 0 unspecified atom stereocenters. The number of benzene rings is 2. The Balaban J connectivity index is 2.07. The van der Waals surface area contributed by atoms with Crippen molar-refractivity contribution in [3.8, 4) is 0 Å². The quantitative estimate of drug-likeness (QED) is 0.756. The minimum absolute atomic E-state index is 0.0826. The molecule has 146 valence electrons. The monoisotopic (exact) mass is 416 g/mol. The molecule has 6 nitrogen and oxygen atoms in total. The number of nitrogens with two attached hydrogens (primary N) is 1. The van der Waals surface area contributed by atoms with Gasteiger partial charge in [-0.2, -0.15) is 0 Å². The van der Waals surface area contributed by atoms with E-state index in [9.17, 15) is 18.0 Å². The van der Waals surface area contributed by atoms with Gasteiger partial charge in [-0.1, -0.05) is 25.1 Å². The van der Waals surface area contributed by atoms with E-state index in [1.165, 1.54) is 36.0 Å². The first-order valence-electron chi connectivity index (χ1n) is 8.61. The number of thioether (sulfide) groups is 1. The summed E-state index contributed by atoms with van der Waals surface area (Å²) in [6.07, 6.45) is 0. The van der Waals surface area contributed by atoms with Crippen molar-refractivity contribution in [3.05, 3.63) is 64.1 Å². The number of hydrogen-bond donors (Lipinski definition) is 1. The van der Waals surface area contributed by atoms with Gasteiger partial charge in [0.15, 0.2) is 0 Å². The summed E-state index contributed by atoms with van der Waals surface area (Å²) in [5.41, 5.74) is 3.50. The minimum Gasteiger partial charge on any atom is -0.268 e. The van der Waals surface area contributed by atoms with E-state index >= 15 is 0 Å². The lowest BCUT2D eigenvalue weighted by atomic mass is 10.0. The molecule has 8 heteroatoms. The van der Waals surface area contributed by atoms with Crippen molar-refractivity contribution < 1.29 is 18.0 Å². The van der Waals surface area contributed by atoms with E-state index in [2.05, 4.69) is 0 Å². The van der Waals surface area contributed by atoms with Gasteiger partial charge in [0.25, 0.3) is 11.8 Å². The highest BCUT2D eigenvalue weighted by Crippen LogP contribution is 2.38. The molecule has 0 aromatic heterocycles. The Bertz CT molecular complexity index is 1100. The van der Waals surface area contributed by atoms with Crippen LogP contribution >= 0.6 is 11.8 Å². The molecule has 1 aliphatic heterocycles.